The minimum Gasteiger partial charge on any atom is -0.481 e. The Kier molecular flexibility index (Phi) is 7.64. The minimum atomic E-state index is -0.845. The molecule has 0 amide bonds. The number of aromatic nitrogens is 5. The lowest BCUT2D eigenvalue weighted by Crippen LogP contribution is -2.25. The molecule has 0 aliphatic carbocycles. The summed E-state index contributed by atoms with van der Waals surface area (Å²) in [5, 5.41) is 10.1. The molecule has 1 unspecified atom stereocenters. The van der Waals surface area contributed by atoms with Gasteiger partial charge in [0.2, 0.25) is 0 Å². The molecule has 0 spiro atoms. The van der Waals surface area contributed by atoms with E-state index < -0.39 is 23.0 Å². The van der Waals surface area contributed by atoms with Crippen molar-refractivity contribution in [2.75, 3.05) is 0 Å². The highest BCUT2D eigenvalue weighted by Gasteiger charge is 2.32. The van der Waals surface area contributed by atoms with E-state index in [1.807, 2.05) is 36.5 Å². The van der Waals surface area contributed by atoms with E-state index in [0.29, 0.717) is 36.2 Å². The molecule has 1 atom stereocenters. The quantitative estimate of drug-likeness (QED) is 0.160. The Bertz CT molecular complexity index is 2060. The molecule has 46 heavy (non-hydrogen) atoms. The van der Waals surface area contributed by atoms with Crippen molar-refractivity contribution >= 4 is 16.9 Å². The normalized spacial score (nSPS) is 16.8. The Hall–Kier alpha value is -5.25. The van der Waals surface area contributed by atoms with Crippen molar-refractivity contribution in [2.45, 2.75) is 57.3 Å². The topological polar surface area (TPSA) is 120 Å². The summed E-state index contributed by atoms with van der Waals surface area (Å²) in [5.74, 6) is -0.366. The van der Waals surface area contributed by atoms with Gasteiger partial charge in [-0.25, -0.2) is 18.7 Å². The van der Waals surface area contributed by atoms with Crippen molar-refractivity contribution < 1.29 is 23.4 Å². The molecular formula is C36H33F2N5O3. The van der Waals surface area contributed by atoms with Crippen LogP contribution >= 0.6 is 0 Å². The molecule has 1 aliphatic heterocycles. The van der Waals surface area contributed by atoms with Crippen LogP contribution in [0.5, 0.6) is 11.5 Å². The molecule has 6 bridgehead atoms. The summed E-state index contributed by atoms with van der Waals surface area (Å²) in [6, 6.07) is 15.6. The van der Waals surface area contributed by atoms with Crippen LogP contribution in [0.2, 0.25) is 0 Å². The Labute approximate surface area is 263 Å². The van der Waals surface area contributed by atoms with Gasteiger partial charge in [0.15, 0.2) is 11.6 Å². The third kappa shape index (κ3) is 5.66. The Morgan fingerprint density at radius 3 is 2.76 bits per heavy atom. The monoisotopic (exact) mass is 621 g/mol. The maximum Gasteiger partial charge on any atom is 0.303 e. The second kappa shape index (κ2) is 11.9. The number of imidazole rings is 2. The lowest BCUT2D eigenvalue weighted by atomic mass is 9.75. The van der Waals surface area contributed by atoms with Crippen molar-refractivity contribution in [1.29, 1.82) is 0 Å². The second-order valence-electron chi connectivity index (χ2n) is 12.1. The number of benzene rings is 3. The molecule has 1 aliphatic rings. The van der Waals surface area contributed by atoms with E-state index >= 15 is 8.78 Å². The smallest absolute Gasteiger partial charge is 0.303 e. The highest BCUT2D eigenvalue weighted by atomic mass is 19.1. The first-order valence-electron chi connectivity index (χ1n) is 15.4. The van der Waals surface area contributed by atoms with Crippen LogP contribution in [-0.2, 0) is 35.9 Å². The molecule has 8 nitrogen and oxygen atoms in total. The minimum absolute atomic E-state index is 0.0403. The van der Waals surface area contributed by atoms with Crippen molar-refractivity contribution in [3.8, 4) is 22.9 Å². The van der Waals surface area contributed by atoms with Crippen LogP contribution < -0.4 is 4.74 Å². The number of carboxylic acids is 1. The number of hydrogen-bond donors (Lipinski definition) is 4. The molecule has 3 aromatic carbocycles. The van der Waals surface area contributed by atoms with E-state index in [0.717, 1.165) is 53.0 Å². The van der Waals surface area contributed by atoms with Gasteiger partial charge in [-0.2, -0.15) is 0 Å². The summed E-state index contributed by atoms with van der Waals surface area (Å²) >= 11 is 0. The van der Waals surface area contributed by atoms with Gasteiger partial charge < -0.3 is 24.8 Å². The lowest BCUT2D eigenvalue weighted by molar-refractivity contribution is -0.136. The number of aryl methyl sites for hydroxylation is 4. The highest BCUT2D eigenvalue weighted by Crippen LogP contribution is 2.40. The van der Waals surface area contributed by atoms with Crippen molar-refractivity contribution in [3.63, 3.8) is 0 Å². The maximum atomic E-state index is 15.6. The molecule has 0 radical (unpaired) electrons. The first kappa shape index (κ1) is 29.5. The lowest BCUT2D eigenvalue weighted by Gasteiger charge is -2.30. The maximum absolute atomic E-state index is 15.6. The van der Waals surface area contributed by atoms with Crippen LogP contribution in [0.25, 0.3) is 22.3 Å². The highest BCUT2D eigenvalue weighted by molar-refractivity contribution is 5.85. The number of rotatable bonds is 4. The van der Waals surface area contributed by atoms with Crippen LogP contribution in [0, 0.1) is 11.6 Å². The Balaban J connectivity index is 1.33. The molecule has 4 N–H and O–H groups in total. The van der Waals surface area contributed by atoms with Crippen LogP contribution in [0.3, 0.4) is 0 Å². The largest absolute Gasteiger partial charge is 0.481 e. The molecule has 3 aromatic heterocycles. The number of carbonyl (C=O) groups is 1. The number of fused-ring (bicyclic) bond motifs is 10. The van der Waals surface area contributed by atoms with E-state index in [-0.39, 0.29) is 23.5 Å². The fraction of sp³-hybridized carbons (Fsp3) is 0.250. The Morgan fingerprint density at radius 1 is 1.00 bits per heavy atom. The van der Waals surface area contributed by atoms with Crippen molar-refractivity contribution in [1.82, 2.24) is 24.9 Å². The summed E-state index contributed by atoms with van der Waals surface area (Å²) in [5.41, 5.74) is 4.75. The van der Waals surface area contributed by atoms with E-state index in [4.69, 9.17) is 4.74 Å². The zero-order valence-corrected chi connectivity index (χ0v) is 25.3. The van der Waals surface area contributed by atoms with E-state index in [2.05, 4.69) is 31.8 Å². The molecule has 4 heterocycles. The van der Waals surface area contributed by atoms with Gasteiger partial charge in [0, 0.05) is 70.8 Å². The number of ether oxygens (including phenoxy) is 1. The molecule has 10 heteroatoms. The third-order valence-electron chi connectivity index (χ3n) is 9.06. The summed E-state index contributed by atoms with van der Waals surface area (Å²) in [4.78, 5) is 30.4. The fourth-order valence-electron chi connectivity index (χ4n) is 6.48. The van der Waals surface area contributed by atoms with Gasteiger partial charge in [0.1, 0.15) is 23.2 Å². The van der Waals surface area contributed by atoms with Crippen LogP contribution in [0.4, 0.5) is 8.78 Å². The molecule has 234 valence electrons. The summed E-state index contributed by atoms with van der Waals surface area (Å²) in [6.07, 6.45) is 9.11. The molecule has 6 aromatic rings. The molecular weight excluding hydrogens is 588 g/mol. The van der Waals surface area contributed by atoms with Gasteiger partial charge in [-0.3, -0.25) is 4.79 Å². The standard InChI is InChI=1S/C36H33F2N5O3/c1-36(22-5-2-4-21(16-22)7-12-33(44)45)14-3-6-23-19-40-32(42-23)11-9-26-25-13-15-39-30(25)18-29(38)34(26)46-24-8-10-28(37)27(17-24)35-41-20-31(36)43-35/h2,4-5,8,10,13,15-20,39H,3,6-7,9,11-12,14H2,1H3,(H,40,42)(H,41,43)(H,44,45). The number of aromatic amines is 3. The third-order valence-corrected chi connectivity index (χ3v) is 9.06. The van der Waals surface area contributed by atoms with E-state index in [1.165, 1.54) is 24.3 Å². The van der Waals surface area contributed by atoms with Crippen LogP contribution in [0.1, 0.15) is 60.1 Å². The fourth-order valence-corrected chi connectivity index (χ4v) is 6.48. The molecule has 0 fully saturated rings. The number of nitrogens with zero attached hydrogens (tertiary/aromatic N) is 2. The van der Waals surface area contributed by atoms with Gasteiger partial charge in [0.05, 0.1) is 5.56 Å². The first-order chi connectivity index (χ1) is 22.3. The SMILES string of the molecule is CC1(c2cccc(CCC(=O)O)c2)CCCc2cnc([nH]2)CCc2c(c(F)cc3[nH]ccc23)Oc2ccc(F)c(c2)-c2ncc1[nH]2. The predicted molar refractivity (Wildman–Crippen MR) is 170 cm³/mol. The number of halogens is 2. The van der Waals surface area contributed by atoms with Gasteiger partial charge in [-0.05, 0) is 74.4 Å². The summed E-state index contributed by atoms with van der Waals surface area (Å²) in [6.45, 7) is 2.12. The number of hydrogen-bond acceptors (Lipinski definition) is 4. The van der Waals surface area contributed by atoms with Crippen molar-refractivity contribution in [3.05, 3.63) is 119 Å². The summed E-state index contributed by atoms with van der Waals surface area (Å²) in [7, 11) is 0. The van der Waals surface area contributed by atoms with Gasteiger partial charge in [0.25, 0.3) is 0 Å². The van der Waals surface area contributed by atoms with Crippen LogP contribution in [0.15, 0.2) is 73.2 Å². The first-order valence-corrected chi connectivity index (χ1v) is 15.4. The van der Waals surface area contributed by atoms with E-state index in [9.17, 15) is 9.90 Å². The molecule has 0 saturated carbocycles. The van der Waals surface area contributed by atoms with Gasteiger partial charge >= 0.3 is 5.97 Å². The second-order valence-corrected chi connectivity index (χ2v) is 12.1. The number of nitrogens with one attached hydrogen (secondary N) is 3. The van der Waals surface area contributed by atoms with E-state index in [1.54, 1.807) is 12.4 Å². The van der Waals surface area contributed by atoms with Crippen molar-refractivity contribution in [2.24, 2.45) is 0 Å². The zero-order valence-electron chi connectivity index (χ0n) is 25.3. The molecule has 7 rings (SSSR count). The zero-order chi connectivity index (χ0) is 31.8. The predicted octanol–water partition coefficient (Wildman–Crippen LogP) is 7.80. The Morgan fingerprint density at radius 2 is 1.89 bits per heavy atom. The number of carboxylic acid groups (broad SMARTS) is 1. The average Bonchev–Trinajstić information content (AvgIpc) is 3.82. The van der Waals surface area contributed by atoms with Gasteiger partial charge in [-0.1, -0.05) is 24.3 Å². The molecule has 0 saturated heterocycles. The van der Waals surface area contributed by atoms with Gasteiger partial charge in [-0.15, -0.1) is 0 Å². The summed E-state index contributed by atoms with van der Waals surface area (Å²) < 4.78 is 37.1. The average molecular weight is 622 g/mol. The van der Waals surface area contributed by atoms with Crippen LogP contribution in [-0.4, -0.2) is 36.0 Å². The number of aliphatic carboxylic acids is 1. The number of H-pyrrole nitrogens is 3.